The Labute approximate surface area is 129 Å². The second kappa shape index (κ2) is 6.56. The first-order valence-electron chi connectivity index (χ1n) is 7.21. The predicted octanol–water partition coefficient (Wildman–Crippen LogP) is 2.78. The number of anilines is 1. The smallest absolute Gasteiger partial charge is 0.186 e. The number of ether oxygens (including phenoxy) is 1. The lowest BCUT2D eigenvalue weighted by Gasteiger charge is -2.14. The molecular weight excluding hydrogens is 284 g/mol. The molecule has 112 valence electrons. The summed E-state index contributed by atoms with van der Waals surface area (Å²) in [7, 11) is 1.75. The lowest BCUT2D eigenvalue weighted by atomic mass is 10.1. The number of methoxy groups -OCH3 is 1. The van der Waals surface area contributed by atoms with Crippen LogP contribution in [0.4, 0.5) is 5.13 Å². The lowest BCUT2D eigenvalue weighted by Crippen LogP contribution is -2.20. The maximum atomic E-state index is 9.60. The van der Waals surface area contributed by atoms with Crippen LogP contribution >= 0.6 is 11.3 Å². The molecule has 1 atom stereocenters. The molecule has 0 amide bonds. The van der Waals surface area contributed by atoms with Crippen molar-refractivity contribution >= 4 is 16.5 Å². The van der Waals surface area contributed by atoms with Gasteiger partial charge in [-0.05, 0) is 6.42 Å². The van der Waals surface area contributed by atoms with E-state index in [0.717, 1.165) is 47.4 Å². The van der Waals surface area contributed by atoms with Crippen LogP contribution < -0.4 is 4.90 Å². The summed E-state index contributed by atoms with van der Waals surface area (Å²) in [5.41, 5.74) is 1.98. The molecule has 1 N–H and O–H groups in total. The van der Waals surface area contributed by atoms with Crippen molar-refractivity contribution in [1.82, 2.24) is 4.98 Å². The van der Waals surface area contributed by atoms with Crippen molar-refractivity contribution in [3.63, 3.8) is 0 Å². The highest BCUT2D eigenvalue weighted by Gasteiger charge is 2.25. The molecule has 0 bridgehead atoms. The maximum absolute atomic E-state index is 9.60. The zero-order valence-electron chi connectivity index (χ0n) is 12.2. The van der Waals surface area contributed by atoms with Gasteiger partial charge in [-0.2, -0.15) is 0 Å². The zero-order chi connectivity index (χ0) is 14.7. The van der Waals surface area contributed by atoms with Crippen LogP contribution in [0.25, 0.3) is 11.3 Å². The van der Waals surface area contributed by atoms with Gasteiger partial charge < -0.3 is 14.7 Å². The number of benzene rings is 1. The summed E-state index contributed by atoms with van der Waals surface area (Å²) in [5.74, 6) is 0.580. The summed E-state index contributed by atoms with van der Waals surface area (Å²) >= 11 is 1.60. The van der Waals surface area contributed by atoms with Crippen LogP contribution in [0.15, 0.2) is 30.3 Å². The highest BCUT2D eigenvalue weighted by atomic mass is 32.1. The number of hydrogen-bond acceptors (Lipinski definition) is 5. The molecule has 1 aliphatic rings. The Morgan fingerprint density at radius 2 is 2.19 bits per heavy atom. The van der Waals surface area contributed by atoms with E-state index in [-0.39, 0.29) is 6.61 Å². The Kier molecular flexibility index (Phi) is 4.53. The first-order chi connectivity index (χ1) is 10.3. The third-order valence-electron chi connectivity index (χ3n) is 3.84. The van der Waals surface area contributed by atoms with E-state index in [1.54, 1.807) is 18.4 Å². The van der Waals surface area contributed by atoms with Gasteiger partial charge in [0.15, 0.2) is 5.13 Å². The van der Waals surface area contributed by atoms with Gasteiger partial charge in [-0.3, -0.25) is 0 Å². The average Bonchev–Trinajstić information content (AvgIpc) is 3.14. The molecule has 1 aromatic heterocycles. The summed E-state index contributed by atoms with van der Waals surface area (Å²) in [4.78, 5) is 8.01. The van der Waals surface area contributed by atoms with Crippen LogP contribution in [-0.2, 0) is 11.3 Å². The van der Waals surface area contributed by atoms with Gasteiger partial charge >= 0.3 is 0 Å². The van der Waals surface area contributed by atoms with E-state index in [0.29, 0.717) is 5.92 Å². The van der Waals surface area contributed by atoms with Gasteiger partial charge in [0.1, 0.15) is 0 Å². The Morgan fingerprint density at radius 3 is 2.90 bits per heavy atom. The third-order valence-corrected chi connectivity index (χ3v) is 4.94. The van der Waals surface area contributed by atoms with Crippen molar-refractivity contribution in [3.05, 3.63) is 35.2 Å². The summed E-state index contributed by atoms with van der Waals surface area (Å²) in [6.45, 7) is 2.85. The lowest BCUT2D eigenvalue weighted by molar-refractivity contribution is 0.161. The van der Waals surface area contributed by atoms with Crippen LogP contribution in [0.2, 0.25) is 0 Å². The van der Waals surface area contributed by atoms with Gasteiger partial charge in [-0.15, -0.1) is 0 Å². The zero-order valence-corrected chi connectivity index (χ0v) is 13.0. The summed E-state index contributed by atoms with van der Waals surface area (Å²) in [6, 6.07) is 10.1. The monoisotopic (exact) mass is 304 g/mol. The Balaban J connectivity index is 1.83. The fraction of sp³-hybridized carbons (Fsp3) is 0.438. The minimum atomic E-state index is 0.0389. The molecule has 21 heavy (non-hydrogen) atoms. The van der Waals surface area contributed by atoms with Gasteiger partial charge in [0.2, 0.25) is 0 Å². The van der Waals surface area contributed by atoms with E-state index in [4.69, 9.17) is 9.72 Å². The van der Waals surface area contributed by atoms with E-state index in [9.17, 15) is 5.11 Å². The van der Waals surface area contributed by atoms with Crippen LogP contribution in [-0.4, -0.2) is 36.9 Å². The molecule has 3 rings (SSSR count). The predicted molar refractivity (Wildman–Crippen MR) is 85.7 cm³/mol. The molecule has 2 aromatic rings. The quantitative estimate of drug-likeness (QED) is 0.922. The van der Waals surface area contributed by atoms with Crippen LogP contribution in [0.5, 0.6) is 0 Å². The molecule has 0 spiro atoms. The van der Waals surface area contributed by atoms with Crippen molar-refractivity contribution in [3.8, 4) is 11.3 Å². The number of hydrogen-bond donors (Lipinski definition) is 1. The highest BCUT2D eigenvalue weighted by molar-refractivity contribution is 7.16. The van der Waals surface area contributed by atoms with Gasteiger partial charge in [-0.25, -0.2) is 4.98 Å². The van der Waals surface area contributed by atoms with E-state index < -0.39 is 0 Å². The molecule has 1 aromatic carbocycles. The number of aliphatic hydroxyl groups is 1. The first-order valence-corrected chi connectivity index (χ1v) is 8.03. The normalized spacial score (nSPS) is 18.4. The van der Waals surface area contributed by atoms with E-state index in [2.05, 4.69) is 4.90 Å². The van der Waals surface area contributed by atoms with Crippen molar-refractivity contribution in [2.24, 2.45) is 5.92 Å². The van der Waals surface area contributed by atoms with Crippen LogP contribution in [0, 0.1) is 5.92 Å². The van der Waals surface area contributed by atoms with E-state index in [1.165, 1.54) is 0 Å². The number of aromatic nitrogens is 1. The van der Waals surface area contributed by atoms with Crippen LogP contribution in [0.1, 0.15) is 11.3 Å². The Hall–Kier alpha value is -1.43. The largest absolute Gasteiger partial charge is 0.391 e. The molecule has 0 saturated carbocycles. The van der Waals surface area contributed by atoms with Gasteiger partial charge in [-0.1, -0.05) is 41.7 Å². The van der Waals surface area contributed by atoms with E-state index >= 15 is 0 Å². The standard InChI is InChI=1S/C16H20N2O2S/c1-20-11-12-7-8-18(9-12)16-17-15(14(10-19)21-16)13-5-3-2-4-6-13/h2-6,12,19H,7-11H2,1H3. The maximum Gasteiger partial charge on any atom is 0.186 e. The molecular formula is C16H20N2O2S. The molecule has 1 saturated heterocycles. The van der Waals surface area contributed by atoms with Crippen molar-refractivity contribution in [2.45, 2.75) is 13.0 Å². The minimum absolute atomic E-state index is 0.0389. The second-order valence-electron chi connectivity index (χ2n) is 5.35. The molecule has 1 fully saturated rings. The van der Waals surface area contributed by atoms with E-state index in [1.807, 2.05) is 30.3 Å². The van der Waals surface area contributed by atoms with Gasteiger partial charge in [0.05, 0.1) is 23.8 Å². The molecule has 0 aliphatic carbocycles. The number of aliphatic hydroxyl groups excluding tert-OH is 1. The molecule has 1 aliphatic heterocycles. The number of nitrogens with zero attached hydrogens (tertiary/aromatic N) is 2. The SMILES string of the molecule is COCC1CCN(c2nc(-c3ccccc3)c(CO)s2)C1. The molecule has 1 unspecified atom stereocenters. The van der Waals surface area contributed by atoms with Crippen molar-refractivity contribution < 1.29 is 9.84 Å². The topological polar surface area (TPSA) is 45.6 Å². The molecule has 5 heteroatoms. The highest BCUT2D eigenvalue weighted by Crippen LogP contribution is 2.35. The summed E-state index contributed by atoms with van der Waals surface area (Å²) < 4.78 is 5.25. The van der Waals surface area contributed by atoms with Gasteiger partial charge in [0, 0.05) is 31.7 Å². The summed E-state index contributed by atoms with van der Waals surface area (Å²) in [5, 5.41) is 10.6. The Morgan fingerprint density at radius 1 is 1.38 bits per heavy atom. The Bertz CT molecular complexity index is 585. The first kappa shape index (κ1) is 14.5. The van der Waals surface area contributed by atoms with Crippen LogP contribution in [0.3, 0.4) is 0 Å². The van der Waals surface area contributed by atoms with Crippen molar-refractivity contribution in [1.29, 1.82) is 0 Å². The van der Waals surface area contributed by atoms with Gasteiger partial charge in [0.25, 0.3) is 0 Å². The third kappa shape index (κ3) is 3.10. The van der Waals surface area contributed by atoms with Crippen molar-refractivity contribution in [2.75, 3.05) is 31.7 Å². The fourth-order valence-corrected chi connectivity index (χ4v) is 3.76. The minimum Gasteiger partial charge on any atom is -0.391 e. The molecule has 4 nitrogen and oxygen atoms in total. The fourth-order valence-electron chi connectivity index (χ4n) is 2.78. The number of thiazole rings is 1. The number of rotatable bonds is 5. The second-order valence-corrected chi connectivity index (χ2v) is 6.41. The molecule has 2 heterocycles. The molecule has 0 radical (unpaired) electrons. The average molecular weight is 304 g/mol. The summed E-state index contributed by atoms with van der Waals surface area (Å²) in [6.07, 6.45) is 1.14.